The lowest BCUT2D eigenvalue weighted by molar-refractivity contribution is 0.465. The molecule has 0 aromatic rings. The molecule has 8 heavy (non-hydrogen) atoms. The van der Waals surface area contributed by atoms with Crippen molar-refractivity contribution >= 4 is 0 Å². The van der Waals surface area contributed by atoms with Gasteiger partial charge in [-0.3, -0.25) is 0 Å². The van der Waals surface area contributed by atoms with E-state index in [0.29, 0.717) is 5.70 Å². The van der Waals surface area contributed by atoms with Crippen LogP contribution < -0.4 is 5.32 Å². The second kappa shape index (κ2) is 2.21. The minimum Gasteiger partial charge on any atom is -0.513 e. The molecule has 0 aromatic heterocycles. The van der Waals surface area contributed by atoms with Crippen molar-refractivity contribution in [3.05, 3.63) is 36.4 Å². The van der Waals surface area contributed by atoms with Gasteiger partial charge in [0.05, 0.1) is 11.9 Å². The number of dihydropyridines is 1. The van der Waals surface area contributed by atoms with Crippen LogP contribution in [0.2, 0.25) is 0 Å². The van der Waals surface area contributed by atoms with E-state index in [1.807, 2.05) is 0 Å². The Morgan fingerprint density at radius 2 is 2.62 bits per heavy atom. The fraction of sp³-hybridized carbons (Fsp3) is 0. The van der Waals surface area contributed by atoms with Crippen molar-refractivity contribution in [2.75, 3.05) is 0 Å². The van der Waals surface area contributed by atoms with Gasteiger partial charge in [0.25, 0.3) is 0 Å². The fourth-order valence-corrected chi connectivity index (χ4v) is 0.442. The molecule has 0 amide bonds. The van der Waals surface area contributed by atoms with E-state index in [2.05, 4.69) is 11.5 Å². The first-order chi connectivity index (χ1) is 3.93. The largest absolute Gasteiger partial charge is 0.513 e. The zero-order valence-corrected chi connectivity index (χ0v) is 4.26. The van der Waals surface area contributed by atoms with Gasteiger partial charge in [0.2, 0.25) is 0 Å². The maximum atomic E-state index is 8.36. The highest BCUT2D eigenvalue weighted by atomic mass is 16.2. The van der Waals surface area contributed by atoms with Gasteiger partial charge < -0.3 is 10.4 Å². The number of nitrogens with one attached hydrogen (secondary N) is 1. The number of aliphatic hydroxyl groups is 1. The van der Waals surface area contributed by atoms with E-state index in [9.17, 15) is 0 Å². The zero-order chi connectivity index (χ0) is 5.82. The number of hydrogen-bond donors (Lipinski definition) is 2. The predicted molar refractivity (Wildman–Crippen MR) is 30.8 cm³/mol. The lowest BCUT2D eigenvalue weighted by Crippen LogP contribution is -2.04. The molecule has 0 bridgehead atoms. The Morgan fingerprint density at radius 1 is 1.75 bits per heavy atom. The van der Waals surface area contributed by atoms with Gasteiger partial charge in [-0.1, -0.05) is 6.08 Å². The van der Waals surface area contributed by atoms with Crippen molar-refractivity contribution < 1.29 is 5.11 Å². The van der Waals surface area contributed by atoms with Crippen molar-refractivity contribution in [2.24, 2.45) is 0 Å². The quantitative estimate of drug-likeness (QED) is 0.451. The summed E-state index contributed by atoms with van der Waals surface area (Å²) < 4.78 is 0. The van der Waals surface area contributed by atoms with Crippen LogP contribution in [0.15, 0.2) is 30.2 Å². The van der Waals surface area contributed by atoms with Crippen molar-refractivity contribution in [1.82, 2.24) is 5.32 Å². The van der Waals surface area contributed by atoms with Gasteiger partial charge in [0, 0.05) is 0 Å². The fourth-order valence-electron chi connectivity index (χ4n) is 0.442. The summed E-state index contributed by atoms with van der Waals surface area (Å²) in [5, 5.41) is 11.0. The topological polar surface area (TPSA) is 32.3 Å². The number of aliphatic hydroxyl groups excluding tert-OH is 1. The molecular formula is C6H6NO. The van der Waals surface area contributed by atoms with E-state index in [1.165, 1.54) is 0 Å². The third-order valence-electron chi connectivity index (χ3n) is 0.811. The molecule has 1 radical (unpaired) electrons. The highest BCUT2D eigenvalue weighted by molar-refractivity contribution is 5.22. The van der Waals surface area contributed by atoms with Crippen LogP contribution in [0.25, 0.3) is 0 Å². The highest BCUT2D eigenvalue weighted by Crippen LogP contribution is 1.94. The Balaban J connectivity index is 2.66. The lowest BCUT2D eigenvalue weighted by Gasteiger charge is -1.99. The number of rotatable bonds is 0. The predicted octanol–water partition coefficient (Wildman–Crippen LogP) is 0.862. The summed E-state index contributed by atoms with van der Waals surface area (Å²) in [4.78, 5) is 0. The number of allylic oxidation sites excluding steroid dienone is 3. The van der Waals surface area contributed by atoms with Crippen molar-refractivity contribution in [3.8, 4) is 0 Å². The van der Waals surface area contributed by atoms with Crippen LogP contribution in [-0.2, 0) is 0 Å². The SMILES string of the molecule is OC=C1C=CC=[C]N1. The molecular weight excluding hydrogens is 102 g/mol. The van der Waals surface area contributed by atoms with Gasteiger partial charge in [-0.15, -0.1) is 0 Å². The molecule has 2 heteroatoms. The molecule has 41 valence electrons. The van der Waals surface area contributed by atoms with Crippen LogP contribution in [0, 0.1) is 6.20 Å². The van der Waals surface area contributed by atoms with E-state index < -0.39 is 0 Å². The minimum absolute atomic E-state index is 0.660. The molecule has 2 N–H and O–H groups in total. The van der Waals surface area contributed by atoms with Crippen LogP contribution >= 0.6 is 0 Å². The van der Waals surface area contributed by atoms with Crippen LogP contribution in [-0.4, -0.2) is 5.11 Å². The summed E-state index contributed by atoms with van der Waals surface area (Å²) in [6.07, 6.45) is 8.96. The van der Waals surface area contributed by atoms with Crippen LogP contribution in [0.5, 0.6) is 0 Å². The van der Waals surface area contributed by atoms with Crippen molar-refractivity contribution in [2.45, 2.75) is 0 Å². The molecule has 1 rings (SSSR count). The Bertz CT molecular complexity index is 156. The van der Waals surface area contributed by atoms with Gasteiger partial charge in [0.15, 0.2) is 0 Å². The zero-order valence-electron chi connectivity index (χ0n) is 4.26. The molecule has 1 heterocycles. The van der Waals surface area contributed by atoms with Crippen LogP contribution in [0.1, 0.15) is 0 Å². The second-order valence-electron chi connectivity index (χ2n) is 1.38. The third-order valence-corrected chi connectivity index (χ3v) is 0.811. The Morgan fingerprint density at radius 3 is 3.00 bits per heavy atom. The summed E-state index contributed by atoms with van der Waals surface area (Å²) >= 11 is 0. The molecule has 0 atom stereocenters. The van der Waals surface area contributed by atoms with E-state index in [-0.39, 0.29) is 0 Å². The Labute approximate surface area is 47.8 Å². The van der Waals surface area contributed by atoms with Gasteiger partial charge >= 0.3 is 0 Å². The summed E-state index contributed by atoms with van der Waals surface area (Å²) in [5.41, 5.74) is 0.660. The molecule has 2 nitrogen and oxygen atoms in total. The van der Waals surface area contributed by atoms with Gasteiger partial charge in [-0.25, -0.2) is 0 Å². The first kappa shape index (κ1) is 4.97. The first-order valence-electron chi connectivity index (χ1n) is 2.29. The average Bonchev–Trinajstić information content (AvgIpc) is 1.90. The highest BCUT2D eigenvalue weighted by Gasteiger charge is 1.88. The maximum absolute atomic E-state index is 8.36. The summed E-state index contributed by atoms with van der Waals surface area (Å²) in [6.45, 7) is 0. The smallest absolute Gasteiger partial charge is 0.103 e. The molecule has 0 fully saturated rings. The molecule has 0 unspecified atom stereocenters. The molecule has 1 aliphatic heterocycles. The van der Waals surface area contributed by atoms with E-state index in [4.69, 9.17) is 5.11 Å². The normalized spacial score (nSPS) is 21.2. The third kappa shape index (κ3) is 0.904. The van der Waals surface area contributed by atoms with E-state index in [0.717, 1.165) is 6.26 Å². The van der Waals surface area contributed by atoms with Crippen LogP contribution in [0.3, 0.4) is 0 Å². The monoisotopic (exact) mass is 108 g/mol. The molecule has 0 spiro atoms. The molecule has 0 aliphatic carbocycles. The molecule has 0 saturated carbocycles. The summed E-state index contributed by atoms with van der Waals surface area (Å²) in [7, 11) is 0. The van der Waals surface area contributed by atoms with E-state index >= 15 is 0 Å². The maximum Gasteiger partial charge on any atom is 0.103 e. The summed E-state index contributed by atoms with van der Waals surface area (Å²) in [5.74, 6) is 0. The number of hydrogen-bond acceptors (Lipinski definition) is 2. The standard InChI is InChI=1S/C6H6NO/c8-5-6-3-1-2-4-7-6/h1-3,5,7-8H. The lowest BCUT2D eigenvalue weighted by atomic mass is 10.3. The Kier molecular flexibility index (Phi) is 1.37. The molecule has 1 aliphatic rings. The van der Waals surface area contributed by atoms with Crippen molar-refractivity contribution in [3.63, 3.8) is 0 Å². The molecule has 0 aromatic carbocycles. The second-order valence-corrected chi connectivity index (χ2v) is 1.38. The molecule has 0 saturated heterocycles. The summed E-state index contributed by atoms with van der Waals surface area (Å²) in [6, 6.07) is 0. The average molecular weight is 108 g/mol. The van der Waals surface area contributed by atoms with Crippen LogP contribution in [0.4, 0.5) is 0 Å². The Hall–Kier alpha value is -1.18. The van der Waals surface area contributed by atoms with E-state index in [1.54, 1.807) is 18.2 Å². The first-order valence-corrected chi connectivity index (χ1v) is 2.29. The van der Waals surface area contributed by atoms with Crippen molar-refractivity contribution in [1.29, 1.82) is 0 Å². The van der Waals surface area contributed by atoms with Gasteiger partial charge in [0.1, 0.15) is 6.26 Å². The van der Waals surface area contributed by atoms with Gasteiger partial charge in [-0.05, 0) is 12.2 Å². The minimum atomic E-state index is 0.660. The van der Waals surface area contributed by atoms with Gasteiger partial charge in [-0.2, -0.15) is 0 Å².